The molecule has 1 unspecified atom stereocenters. The molecule has 5 nitrogen and oxygen atoms in total. The molecule has 0 saturated heterocycles. The first-order valence-corrected chi connectivity index (χ1v) is 9.96. The lowest BCUT2D eigenvalue weighted by molar-refractivity contribution is 0.0942. The highest BCUT2D eigenvalue weighted by Gasteiger charge is 2.16. The van der Waals surface area contributed by atoms with Crippen LogP contribution in [0.1, 0.15) is 51.9 Å². The topological polar surface area (TPSA) is 56.2 Å². The van der Waals surface area contributed by atoms with Crippen molar-refractivity contribution in [2.75, 3.05) is 0 Å². The fraction of sp³-hybridized carbons (Fsp3) is 0.333. The molecule has 3 aromatic rings. The van der Waals surface area contributed by atoms with E-state index in [1.54, 1.807) is 6.20 Å². The second-order valence-electron chi connectivity index (χ2n) is 6.57. The molecule has 6 heteroatoms. The predicted octanol–water partition coefficient (Wildman–Crippen LogP) is 4.65. The maximum Gasteiger partial charge on any atom is 0.261 e. The van der Waals surface area contributed by atoms with E-state index in [-0.39, 0.29) is 11.9 Å². The Hall–Kier alpha value is -2.60. The summed E-state index contributed by atoms with van der Waals surface area (Å²) < 4.78 is 7.82. The van der Waals surface area contributed by atoms with Crippen molar-refractivity contribution in [2.45, 2.75) is 46.9 Å². The Labute approximate surface area is 164 Å². The Bertz CT molecular complexity index is 929. The zero-order chi connectivity index (χ0) is 19.4. The van der Waals surface area contributed by atoms with E-state index in [9.17, 15) is 4.79 Å². The molecule has 1 amide bonds. The minimum atomic E-state index is -0.100. The summed E-state index contributed by atoms with van der Waals surface area (Å²) in [6.07, 6.45) is 1.76. The molecule has 27 heavy (non-hydrogen) atoms. The minimum Gasteiger partial charge on any atom is -0.489 e. The van der Waals surface area contributed by atoms with E-state index in [0.29, 0.717) is 11.5 Å². The molecule has 2 aromatic heterocycles. The average molecular weight is 384 g/mol. The molecule has 0 bridgehead atoms. The molecule has 0 saturated carbocycles. The Kier molecular flexibility index (Phi) is 5.96. The summed E-state index contributed by atoms with van der Waals surface area (Å²) >= 11 is 1.43. The molecule has 1 aromatic carbocycles. The van der Waals surface area contributed by atoms with Gasteiger partial charge < -0.3 is 10.1 Å². The van der Waals surface area contributed by atoms with Crippen molar-refractivity contribution in [1.82, 2.24) is 15.1 Å². The second-order valence-corrected chi connectivity index (χ2v) is 7.48. The molecule has 1 N–H and O–H groups in total. The van der Waals surface area contributed by atoms with Gasteiger partial charge in [0.1, 0.15) is 12.4 Å². The van der Waals surface area contributed by atoms with Crippen LogP contribution >= 0.6 is 11.3 Å². The lowest BCUT2D eigenvalue weighted by atomic mass is 10.1. The van der Waals surface area contributed by atoms with Gasteiger partial charge in [0, 0.05) is 18.3 Å². The largest absolute Gasteiger partial charge is 0.489 e. The van der Waals surface area contributed by atoms with E-state index in [1.807, 2.05) is 48.2 Å². The van der Waals surface area contributed by atoms with Crippen molar-refractivity contribution < 1.29 is 9.53 Å². The Morgan fingerprint density at radius 2 is 2.15 bits per heavy atom. The third-order valence-electron chi connectivity index (χ3n) is 4.67. The number of ether oxygens (including phenoxy) is 1. The first-order valence-electron chi connectivity index (χ1n) is 9.08. The van der Waals surface area contributed by atoms with E-state index < -0.39 is 0 Å². The smallest absolute Gasteiger partial charge is 0.261 e. The van der Waals surface area contributed by atoms with Gasteiger partial charge in [0.05, 0.1) is 16.6 Å². The number of amides is 1. The summed E-state index contributed by atoms with van der Waals surface area (Å²) in [5.41, 5.74) is 4.35. The van der Waals surface area contributed by atoms with E-state index >= 15 is 0 Å². The normalized spacial score (nSPS) is 12.0. The number of nitrogens with one attached hydrogen (secondary N) is 1. The maximum atomic E-state index is 12.6. The number of benzene rings is 1. The van der Waals surface area contributed by atoms with Gasteiger partial charge in [0.25, 0.3) is 5.91 Å². The Morgan fingerprint density at radius 3 is 2.93 bits per heavy atom. The molecular weight excluding hydrogens is 358 g/mol. The highest BCUT2D eigenvalue weighted by molar-refractivity contribution is 7.12. The number of aromatic nitrogens is 2. The molecule has 0 aliphatic carbocycles. The molecule has 2 heterocycles. The van der Waals surface area contributed by atoms with Crippen LogP contribution in [-0.2, 0) is 13.2 Å². The molecule has 0 spiro atoms. The molecule has 0 aliphatic heterocycles. The van der Waals surface area contributed by atoms with Gasteiger partial charge in [-0.2, -0.15) is 5.10 Å². The SMILES string of the molecule is CCn1nccc1C(C)NC(=O)c1cc(COc2cccc(C)c2C)cs1. The molecule has 3 rings (SSSR count). The maximum absolute atomic E-state index is 12.6. The lowest BCUT2D eigenvalue weighted by Crippen LogP contribution is -2.27. The first-order chi connectivity index (χ1) is 13.0. The van der Waals surface area contributed by atoms with Crippen molar-refractivity contribution >= 4 is 17.2 Å². The zero-order valence-electron chi connectivity index (χ0n) is 16.2. The van der Waals surface area contributed by atoms with Gasteiger partial charge in [-0.1, -0.05) is 12.1 Å². The quantitative estimate of drug-likeness (QED) is 0.646. The van der Waals surface area contributed by atoms with Crippen LogP contribution in [0.3, 0.4) is 0 Å². The first kappa shape index (κ1) is 19.2. The molecule has 1 atom stereocenters. The number of nitrogens with zero attached hydrogens (tertiary/aromatic N) is 2. The van der Waals surface area contributed by atoms with Crippen LogP contribution in [0.2, 0.25) is 0 Å². The van der Waals surface area contributed by atoms with E-state index in [1.165, 1.54) is 16.9 Å². The zero-order valence-corrected chi connectivity index (χ0v) is 17.0. The highest BCUT2D eigenvalue weighted by atomic mass is 32.1. The number of carbonyl (C=O) groups excluding carboxylic acids is 1. The fourth-order valence-corrected chi connectivity index (χ4v) is 3.73. The summed E-state index contributed by atoms with van der Waals surface area (Å²) in [6.45, 7) is 9.36. The Morgan fingerprint density at radius 1 is 1.33 bits per heavy atom. The standard InChI is InChI=1S/C21H25N3O2S/c1-5-24-18(9-10-22-24)16(4)23-21(25)20-11-17(13-27-20)12-26-19-8-6-7-14(2)15(19)3/h6-11,13,16H,5,12H2,1-4H3,(H,23,25). The van der Waals surface area contributed by atoms with Crippen molar-refractivity contribution in [3.05, 3.63) is 69.2 Å². The van der Waals surface area contributed by atoms with Crippen LogP contribution < -0.4 is 10.1 Å². The van der Waals surface area contributed by atoms with Crippen molar-refractivity contribution in [2.24, 2.45) is 0 Å². The van der Waals surface area contributed by atoms with Gasteiger partial charge in [-0.05, 0) is 62.4 Å². The summed E-state index contributed by atoms with van der Waals surface area (Å²) in [4.78, 5) is 13.2. The number of carbonyl (C=O) groups is 1. The third kappa shape index (κ3) is 4.39. The summed E-state index contributed by atoms with van der Waals surface area (Å²) in [5, 5.41) is 9.28. The van der Waals surface area contributed by atoms with Crippen LogP contribution in [0.15, 0.2) is 41.9 Å². The van der Waals surface area contributed by atoms with Crippen LogP contribution in [0.5, 0.6) is 5.75 Å². The third-order valence-corrected chi connectivity index (χ3v) is 5.64. The lowest BCUT2D eigenvalue weighted by Gasteiger charge is -2.14. The molecule has 0 aliphatic rings. The predicted molar refractivity (Wildman–Crippen MR) is 108 cm³/mol. The number of thiophene rings is 1. The number of rotatable bonds is 7. The summed E-state index contributed by atoms with van der Waals surface area (Å²) in [7, 11) is 0. The van der Waals surface area contributed by atoms with E-state index in [2.05, 4.69) is 30.3 Å². The minimum absolute atomic E-state index is 0.0747. The Balaban J connectivity index is 1.61. The number of hydrogen-bond acceptors (Lipinski definition) is 4. The monoisotopic (exact) mass is 383 g/mol. The van der Waals surface area contributed by atoms with Gasteiger partial charge in [0.15, 0.2) is 0 Å². The average Bonchev–Trinajstić information content (AvgIpc) is 3.32. The van der Waals surface area contributed by atoms with Gasteiger partial charge in [-0.3, -0.25) is 9.48 Å². The van der Waals surface area contributed by atoms with Gasteiger partial charge >= 0.3 is 0 Å². The van der Waals surface area contributed by atoms with E-state index in [0.717, 1.165) is 29.1 Å². The van der Waals surface area contributed by atoms with Crippen LogP contribution in [0, 0.1) is 13.8 Å². The highest BCUT2D eigenvalue weighted by Crippen LogP contribution is 2.23. The summed E-state index contributed by atoms with van der Waals surface area (Å²) in [5.74, 6) is 0.808. The van der Waals surface area contributed by atoms with Crippen LogP contribution in [-0.4, -0.2) is 15.7 Å². The van der Waals surface area contributed by atoms with Gasteiger partial charge in [-0.25, -0.2) is 0 Å². The number of hydrogen-bond donors (Lipinski definition) is 1. The van der Waals surface area contributed by atoms with Gasteiger partial charge in [-0.15, -0.1) is 11.3 Å². The van der Waals surface area contributed by atoms with Crippen molar-refractivity contribution in [3.63, 3.8) is 0 Å². The number of aryl methyl sites for hydroxylation is 2. The fourth-order valence-electron chi connectivity index (χ4n) is 2.93. The van der Waals surface area contributed by atoms with Crippen molar-refractivity contribution in [1.29, 1.82) is 0 Å². The summed E-state index contributed by atoms with van der Waals surface area (Å²) in [6, 6.07) is 9.77. The molecular formula is C21H25N3O2S. The van der Waals surface area contributed by atoms with Crippen molar-refractivity contribution in [3.8, 4) is 5.75 Å². The van der Waals surface area contributed by atoms with E-state index in [4.69, 9.17) is 4.74 Å². The molecule has 0 fully saturated rings. The second kappa shape index (κ2) is 8.39. The van der Waals surface area contributed by atoms with Crippen LogP contribution in [0.4, 0.5) is 0 Å². The van der Waals surface area contributed by atoms with Gasteiger partial charge in [0.2, 0.25) is 0 Å². The molecule has 142 valence electrons. The molecule has 0 radical (unpaired) electrons. The van der Waals surface area contributed by atoms with Crippen LogP contribution in [0.25, 0.3) is 0 Å².